The number of carbonyl (C=O) groups is 2. The summed E-state index contributed by atoms with van der Waals surface area (Å²) in [6, 6.07) is 4.56. The third-order valence-corrected chi connectivity index (χ3v) is 3.42. The number of fused-ring (bicyclic) bond motifs is 1. The second kappa shape index (κ2) is 4.08. The molecule has 1 aromatic carbocycles. The Hall–Kier alpha value is -2.34. The van der Waals surface area contributed by atoms with Gasteiger partial charge in [0.05, 0.1) is 17.9 Å². The van der Waals surface area contributed by atoms with Crippen LogP contribution in [0, 0.1) is 6.92 Å². The minimum absolute atomic E-state index is 0.428. The van der Waals surface area contributed by atoms with Crippen molar-refractivity contribution < 1.29 is 23.5 Å². The summed E-state index contributed by atoms with van der Waals surface area (Å²) in [6.45, 7) is 3.49. The molecule has 0 aliphatic carbocycles. The highest BCUT2D eigenvalue weighted by molar-refractivity contribution is 6.31. The number of aryl methyl sites for hydroxylation is 1. The molecule has 3 rings (SSSR count). The molecule has 104 valence electrons. The Balaban J connectivity index is 2.26. The Morgan fingerprint density at radius 3 is 2.45 bits per heavy atom. The predicted molar refractivity (Wildman–Crippen MR) is 68.5 cm³/mol. The summed E-state index contributed by atoms with van der Waals surface area (Å²) < 4.78 is 15.8. The minimum atomic E-state index is -1.64. The Kier molecular flexibility index (Phi) is 2.58. The maximum atomic E-state index is 11.4. The summed E-state index contributed by atoms with van der Waals surface area (Å²) in [7, 11) is 0. The molecule has 0 bridgehead atoms. The Morgan fingerprint density at radius 2 is 1.85 bits per heavy atom. The molecule has 2 N–H and O–H groups in total. The van der Waals surface area contributed by atoms with Gasteiger partial charge in [-0.1, -0.05) is 12.1 Å². The van der Waals surface area contributed by atoms with Gasteiger partial charge in [-0.05, 0) is 25.5 Å². The van der Waals surface area contributed by atoms with Gasteiger partial charge in [-0.25, -0.2) is 9.59 Å². The van der Waals surface area contributed by atoms with Crippen LogP contribution in [0.3, 0.4) is 0 Å². The highest BCUT2D eigenvalue weighted by atomic mass is 16.8. The molecule has 6 heteroatoms. The molecule has 2 aromatic rings. The molecule has 0 radical (unpaired) electrons. The normalized spacial score (nSPS) is 18.9. The molecule has 2 heterocycles. The van der Waals surface area contributed by atoms with Gasteiger partial charge in [0.25, 0.3) is 0 Å². The highest BCUT2D eigenvalue weighted by Gasteiger charge is 2.54. The maximum absolute atomic E-state index is 11.4. The predicted octanol–water partition coefficient (Wildman–Crippen LogP) is 1.34. The number of carbonyl (C=O) groups excluding carboxylic acids is 2. The zero-order chi connectivity index (χ0) is 14.5. The number of hydrogen-bond donors (Lipinski definition) is 1. The van der Waals surface area contributed by atoms with E-state index in [0.29, 0.717) is 11.1 Å². The van der Waals surface area contributed by atoms with Crippen molar-refractivity contribution in [2.45, 2.75) is 25.7 Å². The zero-order valence-electron chi connectivity index (χ0n) is 11.0. The summed E-state index contributed by atoms with van der Waals surface area (Å²) in [5.74, 6) is -3.75. The van der Waals surface area contributed by atoms with E-state index in [1.165, 1.54) is 0 Å². The number of rotatable bonds is 2. The number of para-hydroxylation sites is 1. The molecule has 0 amide bonds. The number of furan rings is 1. The first kappa shape index (κ1) is 12.7. The molecular weight excluding hydrogens is 262 g/mol. The third-order valence-electron chi connectivity index (χ3n) is 3.42. The number of cyclic esters (lactones) is 2. The fraction of sp³-hybridized carbons (Fsp3) is 0.286. The molecular formula is C14H13NO5. The van der Waals surface area contributed by atoms with E-state index < -0.39 is 23.8 Å². The first-order chi connectivity index (χ1) is 9.45. The van der Waals surface area contributed by atoms with Crippen molar-refractivity contribution in [2.75, 3.05) is 0 Å². The number of esters is 2. The van der Waals surface area contributed by atoms with Crippen LogP contribution in [-0.2, 0) is 24.8 Å². The number of nitrogens with two attached hydrogens (primary N) is 1. The fourth-order valence-corrected chi connectivity index (χ4v) is 2.38. The van der Waals surface area contributed by atoms with Gasteiger partial charge in [-0.3, -0.25) is 0 Å². The molecule has 1 aliphatic rings. The van der Waals surface area contributed by atoms with E-state index in [1.807, 2.05) is 13.0 Å². The Labute approximate surface area is 114 Å². The van der Waals surface area contributed by atoms with Crippen LogP contribution in [0.25, 0.3) is 11.0 Å². The molecule has 20 heavy (non-hydrogen) atoms. The van der Waals surface area contributed by atoms with Crippen molar-refractivity contribution in [3.63, 3.8) is 0 Å². The van der Waals surface area contributed by atoms with Crippen LogP contribution in [0.2, 0.25) is 0 Å². The van der Waals surface area contributed by atoms with Crippen molar-refractivity contribution in [3.05, 3.63) is 35.6 Å². The maximum Gasteiger partial charge on any atom is 0.421 e. The molecule has 1 atom stereocenters. The van der Waals surface area contributed by atoms with Crippen LogP contribution in [0.1, 0.15) is 18.1 Å². The lowest BCUT2D eigenvalue weighted by molar-refractivity contribution is -0.190. The van der Waals surface area contributed by atoms with Crippen LogP contribution >= 0.6 is 0 Å². The summed E-state index contributed by atoms with van der Waals surface area (Å²) in [5.41, 5.74) is 7.74. The van der Waals surface area contributed by atoms with Gasteiger partial charge in [0.1, 0.15) is 5.58 Å². The topological polar surface area (TPSA) is 91.8 Å². The number of benzene rings is 1. The van der Waals surface area contributed by atoms with Gasteiger partial charge in [-0.2, -0.15) is 0 Å². The van der Waals surface area contributed by atoms with Crippen LogP contribution in [0.15, 0.2) is 28.9 Å². The summed E-state index contributed by atoms with van der Waals surface area (Å²) in [4.78, 5) is 22.9. The van der Waals surface area contributed by atoms with Gasteiger partial charge in [0.15, 0.2) is 0 Å². The van der Waals surface area contributed by atoms with Gasteiger partial charge in [0.2, 0.25) is 0 Å². The van der Waals surface area contributed by atoms with Crippen LogP contribution in [-0.4, -0.2) is 18.0 Å². The number of ether oxygens (including phenoxy) is 2. The molecule has 1 saturated heterocycles. The first-order valence-electron chi connectivity index (χ1n) is 6.15. The monoisotopic (exact) mass is 275 g/mol. The highest BCUT2D eigenvalue weighted by Crippen LogP contribution is 2.39. The van der Waals surface area contributed by atoms with Crippen molar-refractivity contribution in [1.82, 2.24) is 0 Å². The van der Waals surface area contributed by atoms with Crippen LogP contribution in [0.4, 0.5) is 0 Å². The largest absolute Gasteiger partial charge is 0.463 e. The average Bonchev–Trinajstić information content (AvgIpc) is 2.92. The van der Waals surface area contributed by atoms with Crippen molar-refractivity contribution in [2.24, 2.45) is 5.73 Å². The van der Waals surface area contributed by atoms with Gasteiger partial charge >= 0.3 is 17.7 Å². The smallest absolute Gasteiger partial charge is 0.421 e. The van der Waals surface area contributed by atoms with E-state index in [-0.39, 0.29) is 0 Å². The van der Waals surface area contributed by atoms with Gasteiger partial charge in [0, 0.05) is 5.39 Å². The fourth-order valence-electron chi connectivity index (χ4n) is 2.38. The third kappa shape index (κ3) is 1.55. The molecule has 0 spiro atoms. The first-order valence-corrected chi connectivity index (χ1v) is 6.15. The van der Waals surface area contributed by atoms with Crippen molar-refractivity contribution >= 4 is 22.9 Å². The zero-order valence-corrected chi connectivity index (χ0v) is 11.0. The van der Waals surface area contributed by atoms with Gasteiger partial charge in [-0.15, -0.1) is 0 Å². The van der Waals surface area contributed by atoms with Crippen molar-refractivity contribution in [3.8, 4) is 0 Å². The SMILES string of the molecule is Cc1coc2c(C3(C(C)N)OC(=O)C(=O)O3)cccc12. The molecule has 1 unspecified atom stereocenters. The quantitative estimate of drug-likeness (QED) is 0.657. The Bertz CT molecular complexity index is 699. The summed E-state index contributed by atoms with van der Waals surface area (Å²) in [5, 5.41) is 0.849. The Morgan fingerprint density at radius 1 is 1.20 bits per heavy atom. The number of hydrogen-bond acceptors (Lipinski definition) is 6. The second-order valence-corrected chi connectivity index (χ2v) is 4.84. The molecule has 1 aliphatic heterocycles. The van der Waals surface area contributed by atoms with Crippen molar-refractivity contribution in [1.29, 1.82) is 0 Å². The molecule has 1 aromatic heterocycles. The lowest BCUT2D eigenvalue weighted by atomic mass is 9.97. The van der Waals surface area contributed by atoms with E-state index in [1.54, 1.807) is 25.3 Å². The standard InChI is InChI=1S/C14H13NO5/c1-7-6-18-11-9(7)4-3-5-10(11)14(8(2)15)19-12(16)13(17)20-14/h3-6,8H,15H2,1-2H3. The summed E-state index contributed by atoms with van der Waals surface area (Å²) >= 11 is 0. The molecule has 6 nitrogen and oxygen atoms in total. The van der Waals surface area contributed by atoms with Gasteiger partial charge < -0.3 is 19.6 Å². The lowest BCUT2D eigenvalue weighted by Crippen LogP contribution is -2.45. The van der Waals surface area contributed by atoms with E-state index >= 15 is 0 Å². The average molecular weight is 275 g/mol. The van der Waals surface area contributed by atoms with Crippen LogP contribution < -0.4 is 5.73 Å². The lowest BCUT2D eigenvalue weighted by Gasteiger charge is -2.29. The minimum Gasteiger partial charge on any atom is -0.463 e. The van der Waals surface area contributed by atoms with E-state index in [4.69, 9.17) is 19.6 Å². The second-order valence-electron chi connectivity index (χ2n) is 4.84. The van der Waals surface area contributed by atoms with E-state index in [9.17, 15) is 9.59 Å². The molecule has 0 saturated carbocycles. The molecule has 1 fully saturated rings. The van der Waals surface area contributed by atoms with E-state index in [0.717, 1.165) is 10.9 Å². The van der Waals surface area contributed by atoms with Crippen LogP contribution in [0.5, 0.6) is 0 Å². The van der Waals surface area contributed by atoms with E-state index in [2.05, 4.69) is 0 Å². The summed E-state index contributed by atoms with van der Waals surface area (Å²) in [6.07, 6.45) is 1.58.